The monoisotopic (exact) mass is 210 g/mol. The van der Waals surface area contributed by atoms with Crippen molar-refractivity contribution in [2.75, 3.05) is 0 Å². The van der Waals surface area contributed by atoms with Gasteiger partial charge in [-0.05, 0) is 24.3 Å². The summed E-state index contributed by atoms with van der Waals surface area (Å²) in [5.74, 6) is -0.0345. The molecule has 12 heavy (non-hydrogen) atoms. The van der Waals surface area contributed by atoms with Gasteiger partial charge in [0.1, 0.15) is 5.75 Å². The Kier molecular flexibility index (Phi) is 2.73. The molecule has 1 aromatic rings. The summed E-state index contributed by atoms with van der Waals surface area (Å²) < 4.78 is 26.2. The van der Waals surface area contributed by atoms with Gasteiger partial charge in [0.2, 0.25) is 0 Å². The summed E-state index contributed by atoms with van der Waals surface area (Å²) in [7, 11) is -4.95. The number of rotatable bonds is 2. The van der Waals surface area contributed by atoms with E-state index in [1.54, 1.807) is 0 Å². The van der Waals surface area contributed by atoms with Crippen LogP contribution in [0.1, 0.15) is 0 Å². The predicted octanol–water partition coefficient (Wildman–Crippen LogP) is 2.79. The van der Waals surface area contributed by atoms with Gasteiger partial charge >= 0.3 is 7.91 Å². The molecule has 0 radical (unpaired) electrons. The van der Waals surface area contributed by atoms with E-state index >= 15 is 0 Å². The summed E-state index contributed by atoms with van der Waals surface area (Å²) in [4.78, 5) is 8.17. The van der Waals surface area contributed by atoms with Crippen LogP contribution in [0, 0.1) is 0 Å². The Hall–Kier alpha value is -0.570. The zero-order valence-electron chi connectivity index (χ0n) is 5.78. The average Bonchev–Trinajstić information content (AvgIpc) is 1.91. The minimum Gasteiger partial charge on any atom is -0.401 e. The third kappa shape index (κ3) is 3.22. The molecule has 0 saturated heterocycles. The molecule has 0 spiro atoms. The van der Waals surface area contributed by atoms with Crippen molar-refractivity contribution in [3.8, 4) is 5.75 Å². The SMILES string of the molecule is O=P(O)(F)Oc1ccc(Cl)cc1. The molecule has 1 aromatic carbocycles. The summed E-state index contributed by atoms with van der Waals surface area (Å²) >= 11 is 5.50. The molecule has 0 aromatic heterocycles. The highest BCUT2D eigenvalue weighted by Crippen LogP contribution is 2.43. The molecule has 0 saturated carbocycles. The predicted molar refractivity (Wildman–Crippen MR) is 43.0 cm³/mol. The first kappa shape index (κ1) is 9.52. The van der Waals surface area contributed by atoms with Crippen molar-refractivity contribution in [1.82, 2.24) is 0 Å². The lowest BCUT2D eigenvalue weighted by Crippen LogP contribution is -1.84. The highest BCUT2D eigenvalue weighted by molar-refractivity contribution is 7.47. The highest BCUT2D eigenvalue weighted by atomic mass is 35.5. The Bertz CT molecular complexity index is 307. The maximum absolute atomic E-state index is 12.0. The molecule has 1 unspecified atom stereocenters. The normalized spacial score (nSPS) is 15.2. The van der Waals surface area contributed by atoms with Crippen LogP contribution in [0.4, 0.5) is 4.20 Å². The average molecular weight is 211 g/mol. The van der Waals surface area contributed by atoms with Crippen LogP contribution in [-0.4, -0.2) is 4.89 Å². The van der Waals surface area contributed by atoms with Crippen LogP contribution >= 0.6 is 19.5 Å². The van der Waals surface area contributed by atoms with Gasteiger partial charge in [0.15, 0.2) is 0 Å². The van der Waals surface area contributed by atoms with Gasteiger partial charge in [-0.2, -0.15) is 0 Å². The lowest BCUT2D eigenvalue weighted by molar-refractivity contribution is 0.330. The van der Waals surface area contributed by atoms with E-state index in [0.29, 0.717) is 5.02 Å². The van der Waals surface area contributed by atoms with Crippen LogP contribution < -0.4 is 4.52 Å². The fraction of sp³-hybridized carbons (Fsp3) is 0. The number of halogens is 2. The van der Waals surface area contributed by atoms with Gasteiger partial charge in [-0.15, -0.1) is 4.20 Å². The third-order valence-corrected chi connectivity index (χ3v) is 1.72. The quantitative estimate of drug-likeness (QED) is 0.764. The topological polar surface area (TPSA) is 46.5 Å². The van der Waals surface area contributed by atoms with Gasteiger partial charge in [-0.3, -0.25) is 4.89 Å². The van der Waals surface area contributed by atoms with Gasteiger partial charge in [0.25, 0.3) is 0 Å². The van der Waals surface area contributed by atoms with Crippen molar-refractivity contribution in [3.05, 3.63) is 29.3 Å². The number of hydrogen-bond donors (Lipinski definition) is 1. The van der Waals surface area contributed by atoms with E-state index in [1.165, 1.54) is 24.3 Å². The van der Waals surface area contributed by atoms with Crippen molar-refractivity contribution in [1.29, 1.82) is 0 Å². The largest absolute Gasteiger partial charge is 0.567 e. The van der Waals surface area contributed by atoms with Crippen molar-refractivity contribution in [2.24, 2.45) is 0 Å². The highest BCUT2D eigenvalue weighted by Gasteiger charge is 2.18. The molecule has 3 nitrogen and oxygen atoms in total. The van der Waals surface area contributed by atoms with E-state index in [2.05, 4.69) is 4.52 Å². The van der Waals surface area contributed by atoms with Crippen molar-refractivity contribution < 1.29 is 18.2 Å². The summed E-state index contributed by atoms with van der Waals surface area (Å²) in [6.45, 7) is 0. The van der Waals surface area contributed by atoms with E-state index in [1.807, 2.05) is 0 Å². The first-order valence-corrected chi connectivity index (χ1v) is 4.79. The van der Waals surface area contributed by atoms with Crippen LogP contribution in [0.3, 0.4) is 0 Å². The smallest absolute Gasteiger partial charge is 0.401 e. The van der Waals surface area contributed by atoms with E-state index in [9.17, 15) is 8.76 Å². The summed E-state index contributed by atoms with van der Waals surface area (Å²) in [5, 5.41) is 0.439. The van der Waals surface area contributed by atoms with Crippen LogP contribution in [0.2, 0.25) is 5.02 Å². The zero-order valence-corrected chi connectivity index (χ0v) is 7.43. The Morgan fingerprint density at radius 3 is 2.33 bits per heavy atom. The fourth-order valence-electron chi connectivity index (χ4n) is 0.625. The lowest BCUT2D eigenvalue weighted by Gasteiger charge is -2.03. The fourth-order valence-corrected chi connectivity index (χ4v) is 1.13. The second-order valence-electron chi connectivity index (χ2n) is 2.00. The maximum atomic E-state index is 12.0. The minimum absolute atomic E-state index is 0.0345. The van der Waals surface area contributed by atoms with Crippen molar-refractivity contribution in [2.45, 2.75) is 0 Å². The van der Waals surface area contributed by atoms with Crippen LogP contribution in [0.5, 0.6) is 5.75 Å². The van der Waals surface area contributed by atoms with Gasteiger partial charge in [0.05, 0.1) is 0 Å². The molecular weight excluding hydrogens is 205 g/mol. The summed E-state index contributed by atoms with van der Waals surface area (Å²) in [6, 6.07) is 5.44. The molecule has 1 atom stereocenters. The second-order valence-corrected chi connectivity index (χ2v) is 3.52. The van der Waals surface area contributed by atoms with Crippen LogP contribution in [-0.2, 0) is 4.57 Å². The first-order valence-electron chi connectivity index (χ1n) is 2.95. The number of benzene rings is 1. The van der Waals surface area contributed by atoms with Crippen LogP contribution in [0.15, 0.2) is 24.3 Å². The van der Waals surface area contributed by atoms with Crippen molar-refractivity contribution >= 4 is 19.5 Å². The lowest BCUT2D eigenvalue weighted by atomic mass is 10.3. The van der Waals surface area contributed by atoms with Crippen molar-refractivity contribution in [3.63, 3.8) is 0 Å². The minimum atomic E-state index is -4.95. The Labute approximate surface area is 73.4 Å². The van der Waals surface area contributed by atoms with E-state index < -0.39 is 7.91 Å². The van der Waals surface area contributed by atoms with Crippen LogP contribution in [0.25, 0.3) is 0 Å². The van der Waals surface area contributed by atoms with E-state index in [4.69, 9.17) is 16.5 Å². The molecule has 6 heteroatoms. The molecule has 66 valence electrons. The second kappa shape index (κ2) is 3.44. The molecule has 0 bridgehead atoms. The van der Waals surface area contributed by atoms with Gasteiger partial charge in [-0.25, -0.2) is 4.57 Å². The molecule has 1 rings (SSSR count). The third-order valence-electron chi connectivity index (χ3n) is 1.03. The molecule has 0 heterocycles. The Morgan fingerprint density at radius 2 is 1.92 bits per heavy atom. The molecule has 0 aliphatic heterocycles. The van der Waals surface area contributed by atoms with Gasteiger partial charge in [0, 0.05) is 5.02 Å². The Balaban J connectivity index is 2.78. The van der Waals surface area contributed by atoms with E-state index in [-0.39, 0.29) is 5.75 Å². The molecule has 0 fully saturated rings. The maximum Gasteiger partial charge on any atom is 0.567 e. The molecule has 0 amide bonds. The molecular formula is C6H5ClFO3P. The first-order chi connectivity index (χ1) is 5.47. The zero-order chi connectivity index (χ0) is 9.19. The summed E-state index contributed by atoms with van der Waals surface area (Å²) in [6.07, 6.45) is 0. The van der Waals surface area contributed by atoms with Gasteiger partial charge < -0.3 is 4.52 Å². The molecule has 1 N–H and O–H groups in total. The standard InChI is InChI=1S/C6H5ClFO3P/c7-5-1-3-6(4-2-5)11-12(8,9)10/h1-4H,(H,9,10). The van der Waals surface area contributed by atoms with E-state index in [0.717, 1.165) is 0 Å². The van der Waals surface area contributed by atoms with Gasteiger partial charge in [-0.1, -0.05) is 11.6 Å². The molecule has 0 aliphatic rings. The number of hydrogen-bond acceptors (Lipinski definition) is 2. The molecule has 0 aliphatic carbocycles. The Morgan fingerprint density at radius 1 is 1.42 bits per heavy atom. The summed E-state index contributed by atoms with van der Waals surface area (Å²) in [5.41, 5.74) is 0.